The molecular formula is C22H17ClN4O4S2. The number of nitrogens with zero attached hydrogens (tertiary/aromatic N) is 3. The zero-order chi connectivity index (χ0) is 23.5. The maximum atomic E-state index is 12.8. The molecule has 2 heterocycles. The number of thiocarbonyl (C=S) groups is 1. The average Bonchev–Trinajstić information content (AvgIpc) is 3.34. The van der Waals surface area contributed by atoms with Crippen LogP contribution < -0.4 is 10.1 Å². The highest BCUT2D eigenvalue weighted by molar-refractivity contribution is 8.26. The van der Waals surface area contributed by atoms with E-state index >= 15 is 0 Å². The van der Waals surface area contributed by atoms with E-state index in [0.717, 1.165) is 28.5 Å². The Morgan fingerprint density at radius 2 is 2.03 bits per heavy atom. The van der Waals surface area contributed by atoms with Gasteiger partial charge in [-0.3, -0.25) is 14.5 Å². The molecule has 3 aromatic rings. The van der Waals surface area contributed by atoms with Crippen LogP contribution >= 0.6 is 35.6 Å². The zero-order valence-corrected chi connectivity index (χ0v) is 19.9. The van der Waals surface area contributed by atoms with Gasteiger partial charge in [0.15, 0.2) is 5.69 Å². The highest BCUT2D eigenvalue weighted by atomic mass is 35.5. The van der Waals surface area contributed by atoms with Crippen LogP contribution in [0.25, 0.3) is 17.3 Å². The summed E-state index contributed by atoms with van der Waals surface area (Å²) in [7, 11) is 1.58. The summed E-state index contributed by atoms with van der Waals surface area (Å²) in [5.74, 6) is 0.0106. The molecular weight excluding hydrogens is 484 g/mol. The van der Waals surface area contributed by atoms with Crippen molar-refractivity contribution in [3.05, 3.63) is 63.5 Å². The lowest BCUT2D eigenvalue weighted by Crippen LogP contribution is -2.36. The number of aryl methyl sites for hydroxylation is 1. The number of carbonyl (C=O) groups excluding carboxylic acids is 2. The number of benzene rings is 2. The van der Waals surface area contributed by atoms with Crippen LogP contribution in [0.4, 0.5) is 5.82 Å². The van der Waals surface area contributed by atoms with Gasteiger partial charge >= 0.3 is 0 Å². The summed E-state index contributed by atoms with van der Waals surface area (Å²) in [5.41, 5.74) is 2.77. The van der Waals surface area contributed by atoms with Gasteiger partial charge in [0.1, 0.15) is 16.6 Å². The third-order valence-electron chi connectivity index (χ3n) is 4.78. The molecule has 4 rings (SSSR count). The summed E-state index contributed by atoms with van der Waals surface area (Å²) >= 11 is 12.3. The van der Waals surface area contributed by atoms with Gasteiger partial charge in [0, 0.05) is 10.6 Å². The summed E-state index contributed by atoms with van der Waals surface area (Å²) in [5, 5.41) is 11.0. The molecule has 0 radical (unpaired) electrons. The van der Waals surface area contributed by atoms with Crippen LogP contribution in [-0.4, -0.2) is 45.0 Å². The Hall–Kier alpha value is -3.21. The minimum Gasteiger partial charge on any atom is -0.497 e. The normalized spacial score (nSPS) is 14.8. The topological polar surface area (TPSA) is 97.6 Å². The molecule has 8 nitrogen and oxygen atoms in total. The summed E-state index contributed by atoms with van der Waals surface area (Å²) < 4.78 is 10.3. The van der Waals surface area contributed by atoms with Crippen LogP contribution in [-0.2, 0) is 9.59 Å². The van der Waals surface area contributed by atoms with Crippen molar-refractivity contribution in [1.29, 1.82) is 0 Å². The number of ether oxygens (including phenoxy) is 1. The number of rotatable bonds is 6. The molecule has 1 aliphatic heterocycles. The lowest BCUT2D eigenvalue weighted by atomic mass is 10.1. The smallest absolute Gasteiger partial charge is 0.266 e. The summed E-state index contributed by atoms with van der Waals surface area (Å²) in [6.45, 7) is 1.61. The molecule has 0 spiro atoms. The number of anilines is 1. The molecule has 0 atom stereocenters. The first-order chi connectivity index (χ1) is 15.9. The molecule has 0 aliphatic carbocycles. The van der Waals surface area contributed by atoms with Crippen LogP contribution in [0.1, 0.15) is 11.1 Å². The number of carbonyl (C=O) groups is 2. The summed E-state index contributed by atoms with van der Waals surface area (Å²) in [6.07, 6.45) is 1.71. The molecule has 2 amide bonds. The van der Waals surface area contributed by atoms with Crippen molar-refractivity contribution >= 4 is 63.6 Å². The van der Waals surface area contributed by atoms with Gasteiger partial charge in [-0.2, -0.15) is 0 Å². The lowest BCUT2D eigenvalue weighted by Gasteiger charge is -2.13. The van der Waals surface area contributed by atoms with Crippen LogP contribution in [0.2, 0.25) is 5.02 Å². The van der Waals surface area contributed by atoms with Crippen molar-refractivity contribution in [3.63, 3.8) is 0 Å². The minimum atomic E-state index is -0.484. The Kier molecular flexibility index (Phi) is 6.77. The second-order valence-electron chi connectivity index (χ2n) is 7.01. The number of hydrogen-bond acceptors (Lipinski definition) is 8. The molecule has 168 valence electrons. The lowest BCUT2D eigenvalue weighted by molar-refractivity contribution is -0.126. The van der Waals surface area contributed by atoms with Crippen LogP contribution in [0.15, 0.2) is 52.0 Å². The molecule has 1 N–H and O–H groups in total. The highest BCUT2D eigenvalue weighted by Gasteiger charge is 2.33. The Bertz CT molecular complexity index is 1270. The Balaban J connectivity index is 1.47. The molecule has 11 heteroatoms. The molecule has 1 aromatic heterocycles. The van der Waals surface area contributed by atoms with Gasteiger partial charge in [-0.05, 0) is 64.8 Å². The number of thioether (sulfide) groups is 1. The number of methoxy groups -OCH3 is 1. The third kappa shape index (κ3) is 5.08. The van der Waals surface area contributed by atoms with E-state index in [-0.39, 0.29) is 18.3 Å². The predicted molar refractivity (Wildman–Crippen MR) is 131 cm³/mol. The molecule has 1 fully saturated rings. The zero-order valence-electron chi connectivity index (χ0n) is 17.5. The molecule has 0 saturated carbocycles. The van der Waals surface area contributed by atoms with E-state index in [9.17, 15) is 9.59 Å². The van der Waals surface area contributed by atoms with Crippen molar-refractivity contribution in [2.24, 2.45) is 0 Å². The fraction of sp³-hybridized carbons (Fsp3) is 0.136. The first-order valence-corrected chi connectivity index (χ1v) is 11.2. The monoisotopic (exact) mass is 500 g/mol. The van der Waals surface area contributed by atoms with Gasteiger partial charge in [-0.1, -0.05) is 47.7 Å². The number of halogens is 1. The predicted octanol–water partition coefficient (Wildman–Crippen LogP) is 4.55. The van der Waals surface area contributed by atoms with Gasteiger partial charge in [0.2, 0.25) is 11.7 Å². The number of hydrogen-bond donors (Lipinski definition) is 1. The van der Waals surface area contributed by atoms with E-state index in [1.54, 1.807) is 49.6 Å². The van der Waals surface area contributed by atoms with Crippen LogP contribution in [0.3, 0.4) is 0 Å². The van der Waals surface area contributed by atoms with Crippen LogP contribution in [0.5, 0.6) is 5.75 Å². The second-order valence-corrected chi connectivity index (χ2v) is 9.12. The molecule has 0 unspecified atom stereocenters. The van der Waals surface area contributed by atoms with Gasteiger partial charge in [0.05, 0.1) is 12.0 Å². The number of amides is 2. The van der Waals surface area contributed by atoms with Crippen molar-refractivity contribution in [1.82, 2.24) is 15.2 Å². The first-order valence-electron chi connectivity index (χ1n) is 9.64. The largest absolute Gasteiger partial charge is 0.497 e. The maximum Gasteiger partial charge on any atom is 0.266 e. The summed E-state index contributed by atoms with van der Waals surface area (Å²) in [4.78, 5) is 27.2. The number of aromatic nitrogens is 2. The van der Waals surface area contributed by atoms with E-state index in [0.29, 0.717) is 25.7 Å². The van der Waals surface area contributed by atoms with Gasteiger partial charge in [0.25, 0.3) is 5.91 Å². The van der Waals surface area contributed by atoms with Crippen molar-refractivity contribution < 1.29 is 19.0 Å². The van der Waals surface area contributed by atoms with Gasteiger partial charge < -0.3 is 10.1 Å². The first kappa shape index (κ1) is 23.0. The summed E-state index contributed by atoms with van der Waals surface area (Å²) in [6, 6.07) is 12.5. The fourth-order valence-electron chi connectivity index (χ4n) is 3.14. The highest BCUT2D eigenvalue weighted by Crippen LogP contribution is 2.33. The second kappa shape index (κ2) is 9.74. The van der Waals surface area contributed by atoms with Crippen molar-refractivity contribution in [3.8, 4) is 17.0 Å². The fourth-order valence-corrected chi connectivity index (χ4v) is 4.52. The Morgan fingerprint density at radius 1 is 1.27 bits per heavy atom. The van der Waals surface area contributed by atoms with Gasteiger partial charge in [-0.25, -0.2) is 4.63 Å². The van der Waals surface area contributed by atoms with Crippen LogP contribution in [0, 0.1) is 6.92 Å². The third-order valence-corrected chi connectivity index (χ3v) is 6.41. The quantitative estimate of drug-likeness (QED) is 0.389. The maximum absolute atomic E-state index is 12.8. The average molecular weight is 501 g/mol. The van der Waals surface area contributed by atoms with Crippen molar-refractivity contribution in [2.75, 3.05) is 19.0 Å². The van der Waals surface area contributed by atoms with E-state index in [1.165, 1.54) is 4.90 Å². The Morgan fingerprint density at radius 3 is 2.73 bits per heavy atom. The van der Waals surface area contributed by atoms with Crippen molar-refractivity contribution in [2.45, 2.75) is 6.92 Å². The van der Waals surface area contributed by atoms with E-state index in [4.69, 9.17) is 33.2 Å². The molecule has 2 aromatic carbocycles. The van der Waals surface area contributed by atoms with E-state index < -0.39 is 5.91 Å². The molecule has 1 saturated heterocycles. The standard InChI is InChI=1S/C22H17ClN4O4S2/c1-12-9-15(30-2)7-8-16(12)19-20(26-31-25-19)24-18(28)11-27-21(29)17(33-22(27)32)10-13-3-5-14(23)6-4-13/h3-10H,11H2,1-2H3,(H,24,26,28)/b17-10-. The van der Waals surface area contributed by atoms with E-state index in [2.05, 4.69) is 15.6 Å². The molecule has 33 heavy (non-hydrogen) atoms. The SMILES string of the molecule is COc1ccc(-c2nonc2NC(=O)CN2C(=O)/C(=C/c3ccc(Cl)cc3)SC2=S)c(C)c1. The molecule has 0 bridgehead atoms. The minimum absolute atomic E-state index is 0.149. The van der Waals surface area contributed by atoms with Gasteiger partial charge in [-0.15, -0.1) is 0 Å². The number of nitrogens with one attached hydrogen (secondary N) is 1. The van der Waals surface area contributed by atoms with E-state index in [1.807, 2.05) is 13.0 Å². The Labute approximate surface area is 203 Å². The molecule has 1 aliphatic rings.